The number of sulfonamides is 1. The second-order valence-electron chi connectivity index (χ2n) is 10.4. The normalized spacial score (nSPS) is 12.7. The zero-order valence-electron chi connectivity index (χ0n) is 22.5. The molecule has 0 saturated heterocycles. The van der Waals surface area contributed by atoms with Crippen molar-refractivity contribution in [2.24, 2.45) is 0 Å². The lowest BCUT2D eigenvalue weighted by Gasteiger charge is -2.34. The summed E-state index contributed by atoms with van der Waals surface area (Å²) >= 11 is 0. The molecule has 0 radical (unpaired) electrons. The highest BCUT2D eigenvalue weighted by atomic mass is 32.2. The van der Waals surface area contributed by atoms with Gasteiger partial charge in [0.1, 0.15) is 12.6 Å². The van der Waals surface area contributed by atoms with Gasteiger partial charge in [-0.2, -0.15) is 0 Å². The number of hydrogen-bond acceptors (Lipinski definition) is 4. The first-order valence-electron chi connectivity index (χ1n) is 12.4. The SMILES string of the molecule is CCC(C(=O)NC(C)(C)C)N(Cc1cccc(C)c1)C(=O)CN(c1cccc2ccccc12)S(C)(=O)=O. The summed E-state index contributed by atoms with van der Waals surface area (Å²) in [6.07, 6.45) is 1.48. The van der Waals surface area contributed by atoms with Gasteiger partial charge in [0, 0.05) is 17.5 Å². The molecule has 3 rings (SSSR count). The van der Waals surface area contributed by atoms with Crippen LogP contribution in [0.15, 0.2) is 66.7 Å². The second-order valence-corrected chi connectivity index (χ2v) is 12.3. The molecule has 3 aromatic carbocycles. The predicted molar refractivity (Wildman–Crippen MR) is 150 cm³/mol. The summed E-state index contributed by atoms with van der Waals surface area (Å²) in [4.78, 5) is 28.7. The summed E-state index contributed by atoms with van der Waals surface area (Å²) < 4.78 is 27.1. The number of aryl methyl sites for hydroxylation is 1. The molecular weight excluding hydrogens is 486 g/mol. The van der Waals surface area contributed by atoms with Crippen LogP contribution in [0.25, 0.3) is 10.8 Å². The minimum absolute atomic E-state index is 0.184. The topological polar surface area (TPSA) is 86.8 Å². The average molecular weight is 524 g/mol. The van der Waals surface area contributed by atoms with Crippen LogP contribution in [-0.4, -0.2) is 49.5 Å². The summed E-state index contributed by atoms with van der Waals surface area (Å²) in [7, 11) is -3.81. The van der Waals surface area contributed by atoms with E-state index in [-0.39, 0.29) is 12.5 Å². The van der Waals surface area contributed by atoms with Crippen LogP contribution in [0.3, 0.4) is 0 Å². The molecule has 0 aromatic heterocycles. The summed E-state index contributed by atoms with van der Waals surface area (Å²) in [5.74, 6) is -0.720. The Morgan fingerprint density at radius 1 is 0.973 bits per heavy atom. The first kappa shape index (κ1) is 28.2. The van der Waals surface area contributed by atoms with Gasteiger partial charge >= 0.3 is 0 Å². The number of fused-ring (bicyclic) bond motifs is 1. The zero-order valence-corrected chi connectivity index (χ0v) is 23.3. The van der Waals surface area contributed by atoms with E-state index in [4.69, 9.17) is 0 Å². The molecule has 7 nitrogen and oxygen atoms in total. The molecule has 1 N–H and O–H groups in total. The van der Waals surface area contributed by atoms with Gasteiger partial charge in [-0.1, -0.05) is 73.2 Å². The Bertz CT molecular complexity index is 1370. The van der Waals surface area contributed by atoms with Crippen molar-refractivity contribution >= 4 is 38.3 Å². The van der Waals surface area contributed by atoms with Crippen LogP contribution < -0.4 is 9.62 Å². The molecule has 0 spiro atoms. The molecule has 0 fully saturated rings. The molecule has 1 atom stereocenters. The lowest BCUT2D eigenvalue weighted by atomic mass is 10.0. The Kier molecular flexibility index (Phi) is 8.64. The van der Waals surface area contributed by atoms with Gasteiger partial charge in [-0.05, 0) is 51.1 Å². The van der Waals surface area contributed by atoms with Gasteiger partial charge in [0.2, 0.25) is 21.8 Å². The Balaban J connectivity index is 2.04. The van der Waals surface area contributed by atoms with Crippen LogP contribution in [0.1, 0.15) is 45.2 Å². The van der Waals surface area contributed by atoms with Crippen LogP contribution in [0, 0.1) is 6.92 Å². The monoisotopic (exact) mass is 523 g/mol. The standard InChI is InChI=1S/C29H37N3O4S/c1-7-25(28(34)30-29(3,4)5)31(19-22-13-10-12-21(2)18-22)27(33)20-32(37(6,35)36)26-17-11-15-23-14-8-9-16-24(23)26/h8-18,25H,7,19-20H2,1-6H3,(H,30,34). The first-order chi connectivity index (χ1) is 17.3. The molecular formula is C29H37N3O4S. The van der Waals surface area contributed by atoms with Gasteiger partial charge in [0.25, 0.3) is 0 Å². The largest absolute Gasteiger partial charge is 0.350 e. The molecule has 0 aliphatic heterocycles. The third-order valence-corrected chi connectivity index (χ3v) is 7.16. The third kappa shape index (κ3) is 7.32. The molecule has 3 aromatic rings. The molecule has 0 bridgehead atoms. The molecule has 37 heavy (non-hydrogen) atoms. The summed E-state index contributed by atoms with van der Waals surface area (Å²) in [5, 5.41) is 4.57. The highest BCUT2D eigenvalue weighted by Crippen LogP contribution is 2.29. The van der Waals surface area contributed by atoms with Crippen LogP contribution in [0.2, 0.25) is 0 Å². The Labute approximate surface area is 220 Å². The highest BCUT2D eigenvalue weighted by Gasteiger charge is 2.33. The molecule has 8 heteroatoms. The molecule has 1 unspecified atom stereocenters. The Hall–Kier alpha value is -3.39. The highest BCUT2D eigenvalue weighted by molar-refractivity contribution is 7.92. The summed E-state index contributed by atoms with van der Waals surface area (Å²) in [5.41, 5.74) is 1.85. The quantitative estimate of drug-likeness (QED) is 0.443. The Morgan fingerprint density at radius 2 is 1.62 bits per heavy atom. The fraction of sp³-hybridized carbons (Fsp3) is 0.379. The fourth-order valence-corrected chi connectivity index (χ4v) is 5.26. The van der Waals surface area contributed by atoms with Gasteiger partial charge in [0.15, 0.2) is 0 Å². The van der Waals surface area contributed by atoms with Crippen LogP contribution in [0.4, 0.5) is 5.69 Å². The Morgan fingerprint density at radius 3 is 2.24 bits per heavy atom. The van der Waals surface area contributed by atoms with Crippen molar-refractivity contribution in [2.75, 3.05) is 17.1 Å². The zero-order chi connectivity index (χ0) is 27.4. The van der Waals surface area contributed by atoms with Crippen molar-refractivity contribution in [1.29, 1.82) is 0 Å². The van der Waals surface area contributed by atoms with Crippen molar-refractivity contribution < 1.29 is 18.0 Å². The number of carbonyl (C=O) groups is 2. The molecule has 0 aliphatic carbocycles. The van der Waals surface area contributed by atoms with Crippen molar-refractivity contribution in [3.63, 3.8) is 0 Å². The number of benzene rings is 3. The van der Waals surface area contributed by atoms with Crippen LogP contribution in [0.5, 0.6) is 0 Å². The second kappa shape index (κ2) is 11.3. The number of carbonyl (C=O) groups excluding carboxylic acids is 2. The maximum atomic E-state index is 13.9. The number of anilines is 1. The third-order valence-electron chi connectivity index (χ3n) is 6.03. The van der Waals surface area contributed by atoms with E-state index in [0.29, 0.717) is 12.1 Å². The number of amides is 2. The van der Waals surface area contributed by atoms with E-state index in [2.05, 4.69) is 5.32 Å². The first-order valence-corrected chi connectivity index (χ1v) is 14.3. The average Bonchev–Trinajstić information content (AvgIpc) is 2.80. The minimum atomic E-state index is -3.81. The molecule has 2 amide bonds. The molecule has 0 heterocycles. The van der Waals surface area contributed by atoms with E-state index in [0.717, 1.165) is 32.5 Å². The molecule has 0 saturated carbocycles. The van der Waals surface area contributed by atoms with Gasteiger partial charge < -0.3 is 10.2 Å². The van der Waals surface area contributed by atoms with E-state index in [9.17, 15) is 18.0 Å². The predicted octanol–water partition coefficient (Wildman–Crippen LogP) is 4.64. The number of rotatable bonds is 9. The smallest absolute Gasteiger partial charge is 0.244 e. The van der Waals surface area contributed by atoms with E-state index in [1.807, 2.05) is 89.2 Å². The van der Waals surface area contributed by atoms with Crippen molar-refractivity contribution in [3.8, 4) is 0 Å². The molecule has 0 aliphatic rings. The van der Waals surface area contributed by atoms with Crippen LogP contribution in [-0.2, 0) is 26.2 Å². The van der Waals surface area contributed by atoms with Crippen molar-refractivity contribution in [2.45, 2.75) is 59.2 Å². The van der Waals surface area contributed by atoms with E-state index < -0.39 is 34.1 Å². The van der Waals surface area contributed by atoms with Gasteiger partial charge in [-0.3, -0.25) is 13.9 Å². The lowest BCUT2D eigenvalue weighted by molar-refractivity contribution is -0.141. The van der Waals surface area contributed by atoms with Gasteiger partial charge in [-0.15, -0.1) is 0 Å². The van der Waals surface area contributed by atoms with E-state index >= 15 is 0 Å². The van der Waals surface area contributed by atoms with Crippen molar-refractivity contribution in [1.82, 2.24) is 10.2 Å². The van der Waals surface area contributed by atoms with Gasteiger partial charge in [-0.25, -0.2) is 8.42 Å². The maximum absolute atomic E-state index is 13.9. The molecule has 198 valence electrons. The summed E-state index contributed by atoms with van der Waals surface area (Å²) in [6.45, 7) is 9.23. The summed E-state index contributed by atoms with van der Waals surface area (Å²) in [6, 6.07) is 19.8. The van der Waals surface area contributed by atoms with Crippen molar-refractivity contribution in [3.05, 3.63) is 77.9 Å². The van der Waals surface area contributed by atoms with E-state index in [1.165, 1.54) is 4.90 Å². The van der Waals surface area contributed by atoms with Gasteiger partial charge in [0.05, 0.1) is 11.9 Å². The van der Waals surface area contributed by atoms with E-state index in [1.54, 1.807) is 12.1 Å². The van der Waals surface area contributed by atoms with Crippen LogP contribution >= 0.6 is 0 Å². The maximum Gasteiger partial charge on any atom is 0.244 e. The minimum Gasteiger partial charge on any atom is -0.350 e. The fourth-order valence-electron chi connectivity index (χ4n) is 4.40. The lowest BCUT2D eigenvalue weighted by Crippen LogP contribution is -2.55. The number of nitrogens with one attached hydrogen (secondary N) is 1. The number of nitrogens with zero attached hydrogens (tertiary/aromatic N) is 2. The number of hydrogen-bond donors (Lipinski definition) is 1.